The molecule has 0 bridgehead atoms. The molecule has 0 aliphatic carbocycles. The molecule has 15 heavy (non-hydrogen) atoms. The Morgan fingerprint density at radius 1 is 1.40 bits per heavy atom. The number of benzene rings is 1. The molecule has 0 heterocycles. The summed E-state index contributed by atoms with van der Waals surface area (Å²) in [7, 11) is 0. The monoisotopic (exact) mass is 270 g/mol. The predicted molar refractivity (Wildman–Crippen MR) is 64.8 cm³/mol. The van der Waals surface area contributed by atoms with E-state index in [2.05, 4.69) is 26.6 Å². The molecule has 1 unspecified atom stereocenters. The summed E-state index contributed by atoms with van der Waals surface area (Å²) in [4.78, 5) is 11.3. The number of carbonyl (C=O) groups is 1. The molecule has 2 N–H and O–H groups in total. The fourth-order valence-corrected chi connectivity index (χ4v) is 1.51. The molecule has 3 nitrogen and oxygen atoms in total. The van der Waals surface area contributed by atoms with E-state index in [0.717, 1.165) is 10.0 Å². The van der Waals surface area contributed by atoms with Crippen LogP contribution in [-0.2, 0) is 0 Å². The molecular weight excluding hydrogens is 256 g/mol. The van der Waals surface area contributed by atoms with Crippen molar-refractivity contribution in [3.05, 3.63) is 34.3 Å². The SMILES string of the molecule is CCNC(=O)NC(C)c1ccc(Br)cc1. The maximum atomic E-state index is 11.3. The second kappa shape index (κ2) is 5.75. The molecule has 1 rings (SSSR count). The molecule has 4 heteroatoms. The van der Waals surface area contributed by atoms with Gasteiger partial charge in [-0.3, -0.25) is 0 Å². The maximum absolute atomic E-state index is 11.3. The molecule has 0 aliphatic heterocycles. The molecule has 0 saturated carbocycles. The minimum absolute atomic E-state index is 0.0182. The summed E-state index contributed by atoms with van der Waals surface area (Å²) in [5, 5.41) is 5.55. The van der Waals surface area contributed by atoms with Gasteiger partial charge < -0.3 is 10.6 Å². The lowest BCUT2D eigenvalue weighted by Crippen LogP contribution is -2.36. The van der Waals surface area contributed by atoms with Crippen molar-refractivity contribution in [2.45, 2.75) is 19.9 Å². The Hall–Kier alpha value is -1.03. The summed E-state index contributed by atoms with van der Waals surface area (Å²) in [5.74, 6) is 0. The first-order valence-electron chi connectivity index (χ1n) is 4.93. The van der Waals surface area contributed by atoms with Crippen molar-refractivity contribution >= 4 is 22.0 Å². The van der Waals surface area contributed by atoms with Crippen molar-refractivity contribution in [2.24, 2.45) is 0 Å². The van der Waals surface area contributed by atoms with Crippen LogP contribution in [0.25, 0.3) is 0 Å². The normalized spacial score (nSPS) is 11.9. The van der Waals surface area contributed by atoms with E-state index in [0.29, 0.717) is 6.54 Å². The highest BCUT2D eigenvalue weighted by atomic mass is 79.9. The number of hydrogen-bond donors (Lipinski definition) is 2. The highest BCUT2D eigenvalue weighted by Crippen LogP contribution is 2.16. The first kappa shape index (κ1) is 12.0. The summed E-state index contributed by atoms with van der Waals surface area (Å²) in [5.41, 5.74) is 1.09. The van der Waals surface area contributed by atoms with E-state index in [-0.39, 0.29) is 12.1 Å². The van der Waals surface area contributed by atoms with Crippen LogP contribution in [0.2, 0.25) is 0 Å². The molecular formula is C11H15BrN2O. The van der Waals surface area contributed by atoms with E-state index < -0.39 is 0 Å². The van der Waals surface area contributed by atoms with Crippen LogP contribution in [-0.4, -0.2) is 12.6 Å². The third-order valence-electron chi connectivity index (χ3n) is 2.05. The third kappa shape index (κ3) is 3.91. The standard InChI is InChI=1S/C11H15BrN2O/c1-3-13-11(15)14-8(2)9-4-6-10(12)7-5-9/h4-8H,3H2,1-2H3,(H2,13,14,15). The first-order chi connectivity index (χ1) is 7.13. The summed E-state index contributed by atoms with van der Waals surface area (Å²) in [6.07, 6.45) is 0. The third-order valence-corrected chi connectivity index (χ3v) is 2.58. The molecule has 2 amide bonds. The van der Waals surface area contributed by atoms with Crippen LogP contribution in [0.3, 0.4) is 0 Å². The number of carbonyl (C=O) groups excluding carboxylic acids is 1. The van der Waals surface area contributed by atoms with E-state index >= 15 is 0 Å². The van der Waals surface area contributed by atoms with Crippen molar-refractivity contribution in [2.75, 3.05) is 6.54 Å². The van der Waals surface area contributed by atoms with Crippen LogP contribution in [0.5, 0.6) is 0 Å². The van der Waals surface area contributed by atoms with Crippen molar-refractivity contribution in [1.82, 2.24) is 10.6 Å². The van der Waals surface area contributed by atoms with Crippen LogP contribution in [0, 0.1) is 0 Å². The molecule has 0 fully saturated rings. The highest BCUT2D eigenvalue weighted by Gasteiger charge is 2.07. The number of nitrogens with one attached hydrogen (secondary N) is 2. The summed E-state index contributed by atoms with van der Waals surface area (Å²) in [6.45, 7) is 4.49. The quantitative estimate of drug-likeness (QED) is 0.872. The topological polar surface area (TPSA) is 41.1 Å². The predicted octanol–water partition coefficient (Wildman–Crippen LogP) is 2.83. The summed E-state index contributed by atoms with van der Waals surface area (Å²) < 4.78 is 1.04. The Balaban J connectivity index is 2.57. The number of halogens is 1. The second-order valence-corrected chi connectivity index (χ2v) is 4.19. The largest absolute Gasteiger partial charge is 0.338 e. The van der Waals surface area contributed by atoms with Gasteiger partial charge in [-0.1, -0.05) is 28.1 Å². The van der Waals surface area contributed by atoms with Crippen LogP contribution in [0.4, 0.5) is 4.79 Å². The fraction of sp³-hybridized carbons (Fsp3) is 0.364. The zero-order valence-corrected chi connectivity index (χ0v) is 10.5. The molecule has 1 aromatic carbocycles. The lowest BCUT2D eigenvalue weighted by Gasteiger charge is -2.14. The van der Waals surface area contributed by atoms with Gasteiger partial charge >= 0.3 is 6.03 Å². The Morgan fingerprint density at radius 2 is 2.00 bits per heavy atom. The van der Waals surface area contributed by atoms with Crippen LogP contribution in [0.15, 0.2) is 28.7 Å². The summed E-state index contributed by atoms with van der Waals surface area (Å²) >= 11 is 3.37. The van der Waals surface area contributed by atoms with Crippen molar-refractivity contribution in [3.8, 4) is 0 Å². The van der Waals surface area contributed by atoms with Crippen molar-refractivity contribution in [1.29, 1.82) is 0 Å². The average Bonchev–Trinajstić information content (AvgIpc) is 2.18. The van der Waals surface area contributed by atoms with Gasteiger partial charge in [0.05, 0.1) is 6.04 Å². The minimum Gasteiger partial charge on any atom is -0.338 e. The molecule has 1 atom stereocenters. The van der Waals surface area contributed by atoms with E-state index in [1.54, 1.807) is 0 Å². The zero-order valence-electron chi connectivity index (χ0n) is 8.88. The molecule has 0 aromatic heterocycles. The van der Waals surface area contributed by atoms with Gasteiger partial charge in [-0.25, -0.2) is 4.79 Å². The van der Waals surface area contributed by atoms with Gasteiger partial charge in [0.25, 0.3) is 0 Å². The zero-order chi connectivity index (χ0) is 11.3. The van der Waals surface area contributed by atoms with E-state index in [9.17, 15) is 4.79 Å². The smallest absolute Gasteiger partial charge is 0.315 e. The van der Waals surface area contributed by atoms with Crippen LogP contribution >= 0.6 is 15.9 Å². The lowest BCUT2D eigenvalue weighted by molar-refractivity contribution is 0.238. The molecule has 0 saturated heterocycles. The van der Waals surface area contributed by atoms with E-state index in [1.165, 1.54) is 0 Å². The minimum atomic E-state index is -0.132. The number of urea groups is 1. The van der Waals surface area contributed by atoms with Gasteiger partial charge in [0.2, 0.25) is 0 Å². The van der Waals surface area contributed by atoms with Crippen LogP contribution in [0.1, 0.15) is 25.5 Å². The Morgan fingerprint density at radius 3 is 2.53 bits per heavy atom. The number of amides is 2. The Labute approximate surface area is 98.4 Å². The van der Waals surface area contributed by atoms with E-state index in [4.69, 9.17) is 0 Å². The van der Waals surface area contributed by atoms with Crippen LogP contribution < -0.4 is 10.6 Å². The molecule has 82 valence electrons. The maximum Gasteiger partial charge on any atom is 0.315 e. The molecule has 0 spiro atoms. The van der Waals surface area contributed by atoms with E-state index in [1.807, 2.05) is 38.1 Å². The Bertz CT molecular complexity index is 324. The Kier molecular flexibility index (Phi) is 4.62. The van der Waals surface area contributed by atoms with Crippen molar-refractivity contribution < 1.29 is 4.79 Å². The molecule has 0 radical (unpaired) electrons. The van der Waals surface area contributed by atoms with Gasteiger partial charge in [-0.05, 0) is 31.5 Å². The number of rotatable bonds is 3. The van der Waals surface area contributed by atoms with Crippen molar-refractivity contribution in [3.63, 3.8) is 0 Å². The van der Waals surface area contributed by atoms with Gasteiger partial charge in [-0.15, -0.1) is 0 Å². The summed E-state index contributed by atoms with van der Waals surface area (Å²) in [6, 6.07) is 7.79. The first-order valence-corrected chi connectivity index (χ1v) is 5.72. The van der Waals surface area contributed by atoms with Gasteiger partial charge in [0, 0.05) is 11.0 Å². The number of hydrogen-bond acceptors (Lipinski definition) is 1. The lowest BCUT2D eigenvalue weighted by atomic mass is 10.1. The van der Waals surface area contributed by atoms with Gasteiger partial charge in [0.15, 0.2) is 0 Å². The fourth-order valence-electron chi connectivity index (χ4n) is 1.24. The average molecular weight is 271 g/mol. The molecule has 1 aromatic rings. The highest BCUT2D eigenvalue weighted by molar-refractivity contribution is 9.10. The van der Waals surface area contributed by atoms with Gasteiger partial charge in [-0.2, -0.15) is 0 Å². The van der Waals surface area contributed by atoms with Gasteiger partial charge in [0.1, 0.15) is 0 Å². The second-order valence-electron chi connectivity index (χ2n) is 3.28. The molecule has 0 aliphatic rings.